The summed E-state index contributed by atoms with van der Waals surface area (Å²) in [7, 11) is 0. The normalized spacial score (nSPS) is 15.7. The van der Waals surface area contributed by atoms with Gasteiger partial charge in [0.15, 0.2) is 0 Å². The highest BCUT2D eigenvalue weighted by molar-refractivity contribution is 7.09. The lowest BCUT2D eigenvalue weighted by Gasteiger charge is -2.20. The minimum atomic E-state index is -0.811. The highest BCUT2D eigenvalue weighted by Crippen LogP contribution is 2.25. The van der Waals surface area contributed by atoms with E-state index >= 15 is 0 Å². The zero-order valence-corrected chi connectivity index (χ0v) is 16.5. The largest absolute Gasteiger partial charge is 0.368 e. The number of aromatic nitrogens is 2. The van der Waals surface area contributed by atoms with Crippen molar-refractivity contribution in [2.75, 3.05) is 5.01 Å². The molecular weight excluding hydrogens is 407 g/mol. The monoisotopic (exact) mass is 424 g/mol. The molecule has 1 aliphatic rings. The lowest BCUT2D eigenvalue weighted by molar-refractivity contribution is -0.119. The van der Waals surface area contributed by atoms with Crippen molar-refractivity contribution in [2.24, 2.45) is 10.8 Å². The van der Waals surface area contributed by atoms with Crippen molar-refractivity contribution in [2.45, 2.75) is 19.0 Å². The second-order valence-electron chi connectivity index (χ2n) is 6.54. The van der Waals surface area contributed by atoms with Gasteiger partial charge in [-0.2, -0.15) is 5.10 Å². The van der Waals surface area contributed by atoms with E-state index in [1.165, 1.54) is 40.6 Å². The number of nitrogens with one attached hydrogen (secondary N) is 1. The molecule has 152 valence electrons. The van der Waals surface area contributed by atoms with Gasteiger partial charge in [-0.25, -0.2) is 9.37 Å². The Balaban J connectivity index is 1.44. The maximum Gasteiger partial charge on any atom is 0.267 e. The van der Waals surface area contributed by atoms with E-state index in [0.717, 1.165) is 16.3 Å². The predicted octanol–water partition coefficient (Wildman–Crippen LogP) is 2.08. The van der Waals surface area contributed by atoms with E-state index in [1.54, 1.807) is 12.4 Å². The van der Waals surface area contributed by atoms with Gasteiger partial charge in [0.25, 0.3) is 5.91 Å². The third-order valence-corrected chi connectivity index (χ3v) is 5.37. The van der Waals surface area contributed by atoms with Crippen LogP contribution in [0.5, 0.6) is 0 Å². The van der Waals surface area contributed by atoms with E-state index in [9.17, 15) is 14.0 Å². The molecule has 3 aromatic rings. The molecule has 30 heavy (non-hydrogen) atoms. The first-order chi connectivity index (χ1) is 14.5. The summed E-state index contributed by atoms with van der Waals surface area (Å²) in [6.45, 7) is 0.228. The van der Waals surface area contributed by atoms with Gasteiger partial charge in [-0.3, -0.25) is 19.6 Å². The molecule has 0 aliphatic carbocycles. The highest BCUT2D eigenvalue weighted by Gasteiger charge is 2.35. The number of rotatable bonds is 6. The molecule has 3 heterocycles. The average molecular weight is 424 g/mol. The van der Waals surface area contributed by atoms with E-state index in [0.29, 0.717) is 5.69 Å². The van der Waals surface area contributed by atoms with Crippen molar-refractivity contribution in [1.29, 1.82) is 0 Å². The Bertz CT molecular complexity index is 1100. The number of hydrogen-bond acceptors (Lipinski definition) is 7. The molecule has 0 saturated heterocycles. The number of hydrogen-bond donors (Lipinski definition) is 2. The molecule has 2 aromatic heterocycles. The summed E-state index contributed by atoms with van der Waals surface area (Å²) in [6.07, 6.45) is 3.45. The summed E-state index contributed by atoms with van der Waals surface area (Å²) in [6, 6.07) is 8.37. The molecule has 0 saturated carbocycles. The zero-order chi connectivity index (χ0) is 21.1. The van der Waals surface area contributed by atoms with Gasteiger partial charge in [0, 0.05) is 29.8 Å². The van der Waals surface area contributed by atoms with Crippen LogP contribution in [-0.4, -0.2) is 33.5 Å². The maximum absolute atomic E-state index is 13.2. The van der Waals surface area contributed by atoms with Crippen molar-refractivity contribution < 1.29 is 14.0 Å². The average Bonchev–Trinajstić information content (AvgIpc) is 3.41. The van der Waals surface area contributed by atoms with Crippen LogP contribution in [0.2, 0.25) is 0 Å². The number of nitrogens with zero attached hydrogens (tertiary/aromatic N) is 4. The first-order valence-corrected chi connectivity index (χ1v) is 9.94. The standard InChI is InChI=1S/C20H17FN6O2S/c21-13-1-3-14(4-2-13)27-17(19(22)28)9-15(26-27)20(29)24-10-18-25-16(11-30-18)12-5-7-23-8-6-12/h1-8,11,17H,9-10H2,(H2,22,28)(H,24,29). The van der Waals surface area contributed by atoms with Gasteiger partial charge in [-0.05, 0) is 36.4 Å². The van der Waals surface area contributed by atoms with Gasteiger partial charge in [0.05, 0.1) is 17.9 Å². The van der Waals surface area contributed by atoms with E-state index in [4.69, 9.17) is 5.73 Å². The third kappa shape index (κ3) is 4.18. The molecular formula is C20H17FN6O2S. The topological polar surface area (TPSA) is 114 Å². The minimum absolute atomic E-state index is 0.0681. The van der Waals surface area contributed by atoms with Gasteiger partial charge in [0.1, 0.15) is 22.6 Å². The van der Waals surface area contributed by atoms with Crippen LogP contribution in [0.1, 0.15) is 11.4 Å². The molecule has 8 nitrogen and oxygen atoms in total. The van der Waals surface area contributed by atoms with E-state index in [2.05, 4.69) is 20.4 Å². The van der Waals surface area contributed by atoms with Crippen molar-refractivity contribution >= 4 is 34.6 Å². The fourth-order valence-corrected chi connectivity index (χ4v) is 3.75. The van der Waals surface area contributed by atoms with Crippen LogP contribution in [0.15, 0.2) is 59.3 Å². The Labute approximate surface area is 175 Å². The van der Waals surface area contributed by atoms with Crippen molar-refractivity contribution in [1.82, 2.24) is 15.3 Å². The number of carbonyl (C=O) groups excluding carboxylic acids is 2. The Kier molecular flexibility index (Phi) is 5.48. The number of halogens is 1. The summed E-state index contributed by atoms with van der Waals surface area (Å²) >= 11 is 1.43. The zero-order valence-electron chi connectivity index (χ0n) is 15.7. The smallest absolute Gasteiger partial charge is 0.267 e. The molecule has 1 unspecified atom stereocenters. The van der Waals surface area contributed by atoms with Crippen molar-refractivity contribution in [3.8, 4) is 11.3 Å². The maximum atomic E-state index is 13.2. The molecule has 1 aliphatic heterocycles. The summed E-state index contributed by atoms with van der Waals surface area (Å²) < 4.78 is 13.2. The molecule has 2 amide bonds. The molecule has 0 bridgehead atoms. The lowest BCUT2D eigenvalue weighted by Crippen LogP contribution is -2.39. The Morgan fingerprint density at radius 1 is 1.20 bits per heavy atom. The first-order valence-electron chi connectivity index (χ1n) is 9.06. The summed E-state index contributed by atoms with van der Waals surface area (Å²) in [5.74, 6) is -1.44. The summed E-state index contributed by atoms with van der Waals surface area (Å²) in [5, 5.41) is 11.0. The van der Waals surface area contributed by atoms with Gasteiger partial charge in [-0.15, -0.1) is 11.3 Å². The van der Waals surface area contributed by atoms with Crippen molar-refractivity contribution in [3.05, 3.63) is 65.0 Å². The Morgan fingerprint density at radius 2 is 1.93 bits per heavy atom. The quantitative estimate of drug-likeness (QED) is 0.629. The van der Waals surface area contributed by atoms with Gasteiger partial charge < -0.3 is 11.1 Å². The number of thiazole rings is 1. The fourth-order valence-electron chi connectivity index (χ4n) is 3.01. The van der Waals surface area contributed by atoms with Crippen molar-refractivity contribution in [3.63, 3.8) is 0 Å². The molecule has 3 N–H and O–H groups in total. The van der Waals surface area contributed by atoms with Crippen LogP contribution >= 0.6 is 11.3 Å². The number of carbonyl (C=O) groups is 2. The highest BCUT2D eigenvalue weighted by atomic mass is 32.1. The minimum Gasteiger partial charge on any atom is -0.368 e. The van der Waals surface area contributed by atoms with Crippen LogP contribution in [0.4, 0.5) is 10.1 Å². The second-order valence-corrected chi connectivity index (χ2v) is 7.48. The van der Waals surface area contributed by atoms with Crippen LogP contribution in [0, 0.1) is 5.82 Å². The number of hydrazone groups is 1. The number of pyridine rings is 1. The van der Waals surface area contributed by atoms with E-state index in [1.807, 2.05) is 17.5 Å². The first kappa shape index (κ1) is 19.6. The number of anilines is 1. The van der Waals surface area contributed by atoms with Crippen LogP contribution in [-0.2, 0) is 16.1 Å². The summed E-state index contributed by atoms with van der Waals surface area (Å²) in [5.41, 5.74) is 7.87. The van der Waals surface area contributed by atoms with Gasteiger partial charge in [0.2, 0.25) is 5.91 Å². The van der Waals surface area contributed by atoms with Gasteiger partial charge >= 0.3 is 0 Å². The van der Waals surface area contributed by atoms with Crippen LogP contribution in [0.3, 0.4) is 0 Å². The van der Waals surface area contributed by atoms with Gasteiger partial charge in [-0.1, -0.05) is 0 Å². The molecule has 0 radical (unpaired) electrons. The number of amides is 2. The molecule has 4 rings (SSSR count). The molecule has 0 spiro atoms. The Morgan fingerprint density at radius 3 is 2.63 bits per heavy atom. The Hall–Kier alpha value is -3.66. The molecule has 1 aromatic carbocycles. The SMILES string of the molecule is NC(=O)C1CC(C(=O)NCc2nc(-c3ccncc3)cs2)=NN1c1ccc(F)cc1. The molecule has 0 fully saturated rings. The van der Waals surface area contributed by atoms with Crippen LogP contribution < -0.4 is 16.1 Å². The van der Waals surface area contributed by atoms with E-state index < -0.39 is 23.7 Å². The van der Waals surface area contributed by atoms with E-state index in [-0.39, 0.29) is 18.7 Å². The molecule has 10 heteroatoms. The second kappa shape index (κ2) is 8.37. The number of benzene rings is 1. The lowest BCUT2D eigenvalue weighted by atomic mass is 10.1. The number of primary amides is 1. The molecule has 1 atom stereocenters. The third-order valence-electron chi connectivity index (χ3n) is 4.52. The fraction of sp³-hybridized carbons (Fsp3) is 0.150. The van der Waals surface area contributed by atoms with Crippen LogP contribution in [0.25, 0.3) is 11.3 Å². The number of nitrogens with two attached hydrogens (primary N) is 1. The predicted molar refractivity (Wildman–Crippen MR) is 111 cm³/mol. The summed E-state index contributed by atoms with van der Waals surface area (Å²) in [4.78, 5) is 32.9.